The fraction of sp³-hybridized carbons (Fsp3) is 0.0800. The van der Waals surface area contributed by atoms with E-state index in [0.29, 0.717) is 29.3 Å². The van der Waals surface area contributed by atoms with Crippen LogP contribution in [0.1, 0.15) is 15.9 Å². The summed E-state index contributed by atoms with van der Waals surface area (Å²) in [5, 5.41) is 4.55. The first-order chi connectivity index (χ1) is 15.9. The van der Waals surface area contributed by atoms with E-state index in [4.69, 9.17) is 4.74 Å². The number of ether oxygens (including phenoxy) is 1. The SMILES string of the molecule is CN(c1ccc(C(=O)Nc2ccc(OCc3ccccc3)cc2)cc1)S(=O)(=O)c1cccs1. The summed E-state index contributed by atoms with van der Waals surface area (Å²) in [5.74, 6) is 0.416. The lowest BCUT2D eigenvalue weighted by Crippen LogP contribution is -2.25. The van der Waals surface area contributed by atoms with E-state index in [2.05, 4.69) is 5.32 Å². The average Bonchev–Trinajstić information content (AvgIpc) is 3.40. The maximum Gasteiger partial charge on any atom is 0.273 e. The van der Waals surface area contributed by atoms with E-state index >= 15 is 0 Å². The number of rotatable bonds is 8. The van der Waals surface area contributed by atoms with Crippen molar-refractivity contribution in [3.05, 3.63) is 108 Å². The van der Waals surface area contributed by atoms with Crippen molar-refractivity contribution in [2.24, 2.45) is 0 Å². The van der Waals surface area contributed by atoms with E-state index in [1.807, 2.05) is 30.3 Å². The smallest absolute Gasteiger partial charge is 0.273 e. The van der Waals surface area contributed by atoms with Crippen LogP contribution >= 0.6 is 11.3 Å². The maximum atomic E-state index is 12.7. The molecular formula is C25H22N2O4S2. The minimum Gasteiger partial charge on any atom is -0.489 e. The Bertz CT molecular complexity index is 1300. The number of anilines is 2. The molecule has 0 aliphatic rings. The number of hydrogen-bond acceptors (Lipinski definition) is 5. The molecular weight excluding hydrogens is 456 g/mol. The normalized spacial score (nSPS) is 11.1. The molecule has 8 heteroatoms. The van der Waals surface area contributed by atoms with Crippen molar-refractivity contribution in [3.63, 3.8) is 0 Å². The van der Waals surface area contributed by atoms with Crippen LogP contribution in [0.3, 0.4) is 0 Å². The zero-order valence-electron chi connectivity index (χ0n) is 17.8. The van der Waals surface area contributed by atoms with E-state index in [0.717, 1.165) is 16.9 Å². The van der Waals surface area contributed by atoms with E-state index in [1.54, 1.807) is 66.0 Å². The van der Waals surface area contributed by atoms with Gasteiger partial charge in [-0.1, -0.05) is 36.4 Å². The third-order valence-electron chi connectivity index (χ3n) is 4.96. The molecule has 6 nitrogen and oxygen atoms in total. The first-order valence-corrected chi connectivity index (χ1v) is 12.5. The number of amides is 1. The fourth-order valence-electron chi connectivity index (χ4n) is 3.09. The Kier molecular flexibility index (Phi) is 6.76. The van der Waals surface area contributed by atoms with Crippen LogP contribution in [-0.4, -0.2) is 21.4 Å². The Morgan fingerprint density at radius 2 is 1.61 bits per heavy atom. The molecule has 4 aromatic rings. The predicted octanol–water partition coefficient (Wildman–Crippen LogP) is 5.40. The molecule has 3 aromatic carbocycles. The van der Waals surface area contributed by atoms with E-state index in [1.165, 1.54) is 11.4 Å². The molecule has 1 N–H and O–H groups in total. The quantitative estimate of drug-likeness (QED) is 0.368. The van der Waals surface area contributed by atoms with Crippen molar-refractivity contribution in [2.75, 3.05) is 16.7 Å². The van der Waals surface area contributed by atoms with Gasteiger partial charge in [-0.25, -0.2) is 8.42 Å². The molecule has 0 bridgehead atoms. The van der Waals surface area contributed by atoms with Gasteiger partial charge in [0.25, 0.3) is 15.9 Å². The van der Waals surface area contributed by atoms with E-state index in [9.17, 15) is 13.2 Å². The summed E-state index contributed by atoms with van der Waals surface area (Å²) < 4.78 is 32.5. The minimum atomic E-state index is -3.62. The second-order valence-corrected chi connectivity index (χ2v) is 10.3. The molecule has 0 radical (unpaired) electrons. The van der Waals surface area contributed by atoms with E-state index in [-0.39, 0.29) is 10.1 Å². The lowest BCUT2D eigenvalue weighted by atomic mass is 10.2. The second kappa shape index (κ2) is 9.89. The minimum absolute atomic E-state index is 0.267. The third kappa shape index (κ3) is 5.42. The molecule has 0 fully saturated rings. The van der Waals surface area contributed by atoms with Crippen LogP contribution in [0.5, 0.6) is 5.75 Å². The van der Waals surface area contributed by atoms with Gasteiger partial charge in [-0.05, 0) is 65.5 Å². The monoisotopic (exact) mass is 478 g/mol. The van der Waals surface area contributed by atoms with Gasteiger partial charge in [0, 0.05) is 18.3 Å². The number of carbonyl (C=O) groups excluding carboxylic acids is 1. The summed E-state index contributed by atoms with van der Waals surface area (Å²) in [6, 6.07) is 26.7. The topological polar surface area (TPSA) is 75.7 Å². The molecule has 0 atom stereocenters. The summed E-state index contributed by atoms with van der Waals surface area (Å²) >= 11 is 1.16. The highest BCUT2D eigenvalue weighted by Crippen LogP contribution is 2.25. The zero-order valence-corrected chi connectivity index (χ0v) is 19.5. The Morgan fingerprint density at radius 3 is 2.24 bits per heavy atom. The van der Waals surface area contributed by atoms with Crippen molar-refractivity contribution in [1.29, 1.82) is 0 Å². The number of hydrogen-bond donors (Lipinski definition) is 1. The number of carbonyl (C=O) groups is 1. The highest BCUT2D eigenvalue weighted by Gasteiger charge is 2.22. The molecule has 4 rings (SSSR count). The van der Waals surface area contributed by atoms with Crippen molar-refractivity contribution >= 4 is 38.6 Å². The predicted molar refractivity (Wildman–Crippen MR) is 132 cm³/mol. The van der Waals surface area contributed by atoms with Crippen LogP contribution in [0.25, 0.3) is 0 Å². The Hall–Kier alpha value is -3.62. The van der Waals surface area contributed by atoms with Crippen molar-refractivity contribution in [3.8, 4) is 5.75 Å². The van der Waals surface area contributed by atoms with Gasteiger partial charge in [-0.2, -0.15) is 0 Å². The van der Waals surface area contributed by atoms with Crippen molar-refractivity contribution in [2.45, 2.75) is 10.8 Å². The molecule has 1 heterocycles. The highest BCUT2D eigenvalue weighted by molar-refractivity contribution is 7.94. The maximum absolute atomic E-state index is 12.7. The van der Waals surface area contributed by atoms with Gasteiger partial charge >= 0.3 is 0 Å². The lowest BCUT2D eigenvalue weighted by Gasteiger charge is -2.18. The van der Waals surface area contributed by atoms with Crippen molar-refractivity contribution < 1.29 is 17.9 Å². The van der Waals surface area contributed by atoms with Crippen LogP contribution in [-0.2, 0) is 16.6 Å². The van der Waals surface area contributed by atoms with Gasteiger partial charge in [0.15, 0.2) is 0 Å². The fourth-order valence-corrected chi connectivity index (χ4v) is 5.44. The Morgan fingerprint density at radius 1 is 0.909 bits per heavy atom. The molecule has 0 saturated carbocycles. The number of benzene rings is 3. The van der Waals surface area contributed by atoms with Crippen LogP contribution in [0, 0.1) is 0 Å². The second-order valence-electron chi connectivity index (χ2n) is 7.20. The number of nitrogens with zero attached hydrogens (tertiary/aromatic N) is 1. The van der Waals surface area contributed by atoms with E-state index < -0.39 is 10.0 Å². The molecule has 1 amide bonds. The lowest BCUT2D eigenvalue weighted by molar-refractivity contribution is 0.102. The van der Waals surface area contributed by atoms with Gasteiger partial charge < -0.3 is 10.1 Å². The number of sulfonamides is 1. The van der Waals surface area contributed by atoms with Crippen LogP contribution < -0.4 is 14.4 Å². The molecule has 1 aromatic heterocycles. The molecule has 168 valence electrons. The Balaban J connectivity index is 1.36. The summed E-state index contributed by atoms with van der Waals surface area (Å²) in [6.45, 7) is 0.468. The first kappa shape index (κ1) is 22.6. The van der Waals surface area contributed by atoms with Crippen LogP contribution in [0.15, 0.2) is 101 Å². The summed E-state index contributed by atoms with van der Waals surface area (Å²) in [6.07, 6.45) is 0. The molecule has 0 saturated heterocycles. The number of thiophene rings is 1. The van der Waals surface area contributed by atoms with Crippen molar-refractivity contribution in [1.82, 2.24) is 0 Å². The van der Waals surface area contributed by atoms with Gasteiger partial charge in [0.2, 0.25) is 0 Å². The average molecular weight is 479 g/mol. The first-order valence-electron chi connectivity index (χ1n) is 10.1. The molecule has 33 heavy (non-hydrogen) atoms. The van der Waals surface area contributed by atoms with Crippen LogP contribution in [0.2, 0.25) is 0 Å². The molecule has 0 unspecified atom stereocenters. The van der Waals surface area contributed by atoms with Crippen LogP contribution in [0.4, 0.5) is 11.4 Å². The third-order valence-corrected chi connectivity index (χ3v) is 8.12. The summed E-state index contributed by atoms with van der Waals surface area (Å²) in [5.41, 5.74) is 2.60. The zero-order chi connectivity index (χ0) is 23.3. The van der Waals surface area contributed by atoms with Gasteiger partial charge in [0.05, 0.1) is 5.69 Å². The molecule has 0 aliphatic carbocycles. The van der Waals surface area contributed by atoms with Gasteiger partial charge in [0.1, 0.15) is 16.6 Å². The van der Waals surface area contributed by atoms with Gasteiger partial charge in [-0.15, -0.1) is 11.3 Å². The Labute approximate surface area is 197 Å². The molecule has 0 aliphatic heterocycles. The largest absolute Gasteiger partial charge is 0.489 e. The summed E-state index contributed by atoms with van der Waals surface area (Å²) in [4.78, 5) is 12.6. The summed E-state index contributed by atoms with van der Waals surface area (Å²) in [7, 11) is -2.13. The number of nitrogens with one attached hydrogen (secondary N) is 1. The molecule has 0 spiro atoms. The highest BCUT2D eigenvalue weighted by atomic mass is 32.2. The standard InChI is InChI=1S/C25H22N2O4S2/c1-27(33(29,30)24-8-5-17-32-24)22-13-9-20(10-14-22)25(28)26-21-11-15-23(16-12-21)31-18-19-6-3-2-4-7-19/h2-17H,18H2,1H3,(H,26,28). The van der Waals surface area contributed by atoms with Gasteiger partial charge in [-0.3, -0.25) is 9.10 Å².